The van der Waals surface area contributed by atoms with E-state index in [1.165, 1.54) is 26.8 Å². The molecule has 1 heterocycles. The zero-order chi connectivity index (χ0) is 60.0. The van der Waals surface area contributed by atoms with Crippen LogP contribution in [0, 0.1) is 46.8 Å². The lowest BCUT2D eigenvalue weighted by molar-refractivity contribution is -0.163. The summed E-state index contributed by atoms with van der Waals surface area (Å²) in [5.41, 5.74) is 0.577. The lowest BCUT2D eigenvalue weighted by Gasteiger charge is -2.57. The minimum atomic E-state index is -3.00. The topological polar surface area (TPSA) is 112 Å². The minimum absolute atomic E-state index is 0.0694. The van der Waals surface area contributed by atoms with Crippen molar-refractivity contribution in [3.05, 3.63) is 180 Å². The first kappa shape index (κ1) is 62.9. The third-order valence-corrected chi connectivity index (χ3v) is 34.6. The van der Waals surface area contributed by atoms with Gasteiger partial charge < -0.3 is 28.2 Å². The molecule has 1 fully saturated rings. The molecule has 3 aliphatic carbocycles. The Morgan fingerprint density at radius 2 is 1.22 bits per heavy atom. The van der Waals surface area contributed by atoms with E-state index in [0.717, 1.165) is 23.1 Å². The third kappa shape index (κ3) is 11.6. The Labute approximate surface area is 495 Å². The molecule has 1 saturated carbocycles. The molecule has 11 atom stereocenters. The van der Waals surface area contributed by atoms with Gasteiger partial charge in [-0.2, -0.15) is 0 Å². The molecule has 8 rings (SSSR count). The van der Waals surface area contributed by atoms with Crippen LogP contribution in [0.1, 0.15) is 123 Å². The second-order valence-electron chi connectivity index (χ2n) is 28.6. The van der Waals surface area contributed by atoms with Crippen molar-refractivity contribution in [3.8, 4) is 0 Å². The first-order valence-corrected chi connectivity index (χ1v) is 36.9. The first-order valence-electron chi connectivity index (χ1n) is 30.2. The van der Waals surface area contributed by atoms with Crippen LogP contribution < -0.4 is 20.7 Å². The molecule has 0 amide bonds. The highest BCUT2D eigenvalue weighted by Gasteiger charge is 2.61. The average Bonchev–Trinajstić information content (AvgIpc) is 2.90. The molecule has 2 N–H and O–H groups in total. The molecule has 4 aromatic rings. The summed E-state index contributed by atoms with van der Waals surface area (Å²) >= 11 is 0. The number of aliphatic hydroxyl groups is 1. The van der Waals surface area contributed by atoms with Crippen molar-refractivity contribution in [1.82, 2.24) is 0 Å². The van der Waals surface area contributed by atoms with Gasteiger partial charge in [0.15, 0.2) is 13.9 Å². The SMILES string of the molecule is C/C(=C\[C@@H]1C=C(CO[Si](c2ccccc2)(c2ccccc2)C(C)(C)C)[C@H](C)C[C@]12OC(=O)C=C2O)[C@H](C/C=C(\C)[C@@H]1C=C[C@@H]2[C@@H](O[Si](c3ccccc3)(c3ccccc3)C(C)(C)C)[C@@H](C)C[C@H](C)[C@H]2[C@]1(C)C(=O)O)O[Si](C)(C)C(C)(C)C. The van der Waals surface area contributed by atoms with Crippen molar-refractivity contribution >= 4 is 57.6 Å². The highest BCUT2D eigenvalue weighted by atomic mass is 28.4. The van der Waals surface area contributed by atoms with Crippen molar-refractivity contribution in [3.63, 3.8) is 0 Å². The highest BCUT2D eigenvalue weighted by molar-refractivity contribution is 7.00. The Bertz CT molecular complexity index is 2980. The normalized spacial score (nSPS) is 28.0. The summed E-state index contributed by atoms with van der Waals surface area (Å²) in [5, 5.41) is 27.8. The molecule has 0 aromatic heterocycles. The predicted molar refractivity (Wildman–Crippen MR) is 343 cm³/mol. The Balaban J connectivity index is 1.18. The van der Waals surface area contributed by atoms with Gasteiger partial charge in [-0.15, -0.1) is 0 Å². The highest BCUT2D eigenvalue weighted by Crippen LogP contribution is 2.58. The summed E-state index contributed by atoms with van der Waals surface area (Å²) in [6.07, 6.45) is 13.4. The van der Waals surface area contributed by atoms with E-state index in [9.17, 15) is 19.8 Å². The second-order valence-corrected chi connectivity index (χ2v) is 41.9. The van der Waals surface area contributed by atoms with Crippen LogP contribution in [0.15, 0.2) is 180 Å². The molecule has 82 heavy (non-hydrogen) atoms. The quantitative estimate of drug-likeness (QED) is 0.0611. The number of hydrogen-bond acceptors (Lipinski definition) is 7. The number of carbonyl (C=O) groups is 2. The second kappa shape index (κ2) is 23.7. The average molecular weight is 1160 g/mol. The van der Waals surface area contributed by atoms with Crippen LogP contribution in [0.4, 0.5) is 0 Å². The molecule has 4 aromatic carbocycles. The van der Waals surface area contributed by atoms with Gasteiger partial charge in [0.2, 0.25) is 0 Å². The number of rotatable bonds is 17. The van der Waals surface area contributed by atoms with E-state index >= 15 is 0 Å². The lowest BCUT2D eigenvalue weighted by atomic mass is 9.50. The molecule has 4 aliphatic rings. The van der Waals surface area contributed by atoms with Crippen molar-refractivity contribution < 1.29 is 37.8 Å². The molecule has 0 unspecified atom stereocenters. The van der Waals surface area contributed by atoms with E-state index < -0.39 is 65.8 Å². The number of esters is 1. The van der Waals surface area contributed by atoms with Crippen LogP contribution in [0.25, 0.3) is 0 Å². The van der Waals surface area contributed by atoms with Gasteiger partial charge in [-0.1, -0.05) is 240 Å². The van der Waals surface area contributed by atoms with Crippen LogP contribution in [0.3, 0.4) is 0 Å². The number of benzene rings is 4. The fourth-order valence-corrected chi connectivity index (χ4v) is 25.5. The summed E-state index contributed by atoms with van der Waals surface area (Å²) in [4.78, 5) is 27.6. The van der Waals surface area contributed by atoms with Gasteiger partial charge in [-0.25, -0.2) is 4.79 Å². The molecule has 1 aliphatic heterocycles. The maximum absolute atomic E-state index is 14.4. The van der Waals surface area contributed by atoms with Crippen LogP contribution in [-0.2, 0) is 27.6 Å². The van der Waals surface area contributed by atoms with Crippen molar-refractivity contribution in [2.24, 2.45) is 46.8 Å². The number of hydrogen-bond donors (Lipinski definition) is 2. The van der Waals surface area contributed by atoms with E-state index in [4.69, 9.17) is 18.0 Å². The predicted octanol–water partition coefficient (Wildman–Crippen LogP) is 14.7. The number of carboxylic acid groups (broad SMARTS) is 1. The van der Waals surface area contributed by atoms with Gasteiger partial charge in [0, 0.05) is 24.2 Å². The third-order valence-electron chi connectivity index (χ3n) is 20.1. The summed E-state index contributed by atoms with van der Waals surface area (Å²) in [7, 11) is -8.39. The number of aliphatic hydroxyl groups excluding tert-OH is 1. The molecular weight excluding hydrogens is 1070 g/mol. The van der Waals surface area contributed by atoms with Gasteiger partial charge >= 0.3 is 11.9 Å². The van der Waals surface area contributed by atoms with E-state index in [1.807, 2.05) is 6.92 Å². The van der Waals surface area contributed by atoms with E-state index in [1.54, 1.807) is 0 Å². The number of allylic oxidation sites excluding steroid dienone is 2. The molecule has 440 valence electrons. The van der Waals surface area contributed by atoms with E-state index in [2.05, 4.69) is 262 Å². The molecule has 1 spiro atoms. The van der Waals surface area contributed by atoms with Crippen LogP contribution in [-0.4, -0.2) is 71.5 Å². The number of aliphatic carboxylic acids is 1. The maximum Gasteiger partial charge on any atom is 0.335 e. The van der Waals surface area contributed by atoms with E-state index in [-0.39, 0.29) is 56.6 Å². The fourth-order valence-electron chi connectivity index (χ4n) is 14.8. The Morgan fingerprint density at radius 1 is 0.732 bits per heavy atom. The van der Waals surface area contributed by atoms with Gasteiger partial charge in [-0.3, -0.25) is 4.79 Å². The lowest BCUT2D eigenvalue weighted by Crippen LogP contribution is -2.69. The Kier molecular flexibility index (Phi) is 18.2. The van der Waals surface area contributed by atoms with Crippen LogP contribution in [0.2, 0.25) is 28.2 Å². The molecule has 11 heteroatoms. The smallest absolute Gasteiger partial charge is 0.335 e. The van der Waals surface area contributed by atoms with E-state index in [0.29, 0.717) is 19.4 Å². The first-order chi connectivity index (χ1) is 38.4. The van der Waals surface area contributed by atoms with Crippen molar-refractivity contribution in [2.45, 2.75) is 169 Å². The van der Waals surface area contributed by atoms with Gasteiger partial charge in [0.1, 0.15) is 5.76 Å². The number of carbonyl (C=O) groups excluding carboxylic acids is 1. The Hall–Kier alpha value is -5.15. The summed E-state index contributed by atoms with van der Waals surface area (Å²) in [6.45, 7) is 38.3. The molecule has 0 saturated heterocycles. The number of carboxylic acids is 1. The van der Waals surface area contributed by atoms with Gasteiger partial charge in [0.25, 0.3) is 16.6 Å². The zero-order valence-corrected chi connectivity index (χ0v) is 55.4. The molecule has 0 bridgehead atoms. The summed E-state index contributed by atoms with van der Waals surface area (Å²) < 4.78 is 29.3. The molecule has 0 radical (unpaired) electrons. The molecule has 8 nitrogen and oxygen atoms in total. The molecular formula is C71H96O8Si3. The largest absolute Gasteiger partial charge is 0.508 e. The summed E-state index contributed by atoms with van der Waals surface area (Å²) in [6, 6.07) is 42.9. The fraction of sp³-hybridized carbons (Fsp3) is 0.493. The number of fused-ring (bicyclic) bond motifs is 1. The van der Waals surface area contributed by atoms with Crippen LogP contribution >= 0.6 is 0 Å². The monoisotopic (exact) mass is 1160 g/mol. The minimum Gasteiger partial charge on any atom is -0.508 e. The van der Waals surface area contributed by atoms with Crippen molar-refractivity contribution in [1.29, 1.82) is 0 Å². The van der Waals surface area contributed by atoms with Crippen LogP contribution in [0.5, 0.6) is 0 Å². The van der Waals surface area contributed by atoms with Gasteiger partial charge in [0.05, 0.1) is 30.3 Å². The summed E-state index contributed by atoms with van der Waals surface area (Å²) in [5.74, 6) is -2.46. The Morgan fingerprint density at radius 3 is 1.66 bits per heavy atom. The number of ether oxygens (including phenoxy) is 1. The van der Waals surface area contributed by atoms with Crippen molar-refractivity contribution in [2.75, 3.05) is 6.61 Å². The standard InChI is InChI=1S/C71H96O8Si3/c1-48(60-40-39-59-64(70(60,15)66(74)75)50(3)42-51(4)65(59)79-82(69(12,13)14,57-34-26-20-27-35-57)58-36-28-21-29-37-58)38-41-61(78-80(16,17)67(6,7)8)49(2)43-54-44-53(52(5)46-71(54)62(72)45-63(73)77-71)47-76-81(68(9,10)11,55-30-22-18-23-31-55)56-32-24-19-25-33-56/h18-40,43-45,50-52,54,59-61,64-65,72H,41-42,46-47H2,1-17H3,(H,74,75)/b48-38+,49-43+/t50-,51-,52+,54+,59-,60-,61-,64+,65-,70+,71-/m0/s1. The maximum atomic E-state index is 14.4. The zero-order valence-electron chi connectivity index (χ0n) is 52.4. The van der Waals surface area contributed by atoms with Gasteiger partial charge in [-0.05, 0) is 117 Å².